The molecule has 3 N–H and O–H groups in total. The van der Waals surface area contributed by atoms with Crippen LogP contribution in [0.3, 0.4) is 0 Å². The minimum absolute atomic E-state index is 0.176. The van der Waals surface area contributed by atoms with Gasteiger partial charge in [-0.2, -0.15) is 0 Å². The highest BCUT2D eigenvalue weighted by atomic mass is 19.1. The van der Waals surface area contributed by atoms with Crippen LogP contribution in [0, 0.1) is 12.7 Å². The standard InChI is InChI=1S/C13H12FN3O/c1-8-2-4-12(16-7-8)13(18)17-11-5-3-9(14)6-10(11)15/h2-7H,15H2,1H3,(H,17,18). The van der Waals surface area contributed by atoms with E-state index in [4.69, 9.17) is 5.73 Å². The van der Waals surface area contributed by atoms with E-state index in [0.717, 1.165) is 11.6 Å². The molecule has 0 saturated carbocycles. The molecule has 5 heteroatoms. The van der Waals surface area contributed by atoms with Crippen molar-refractivity contribution in [3.8, 4) is 0 Å². The number of halogens is 1. The lowest BCUT2D eigenvalue weighted by atomic mass is 10.2. The molecule has 4 nitrogen and oxygen atoms in total. The summed E-state index contributed by atoms with van der Waals surface area (Å²) in [5.41, 5.74) is 7.39. The smallest absolute Gasteiger partial charge is 0.274 e. The lowest BCUT2D eigenvalue weighted by Gasteiger charge is -2.07. The van der Waals surface area contributed by atoms with Gasteiger partial charge in [-0.3, -0.25) is 9.78 Å². The molecule has 0 aliphatic rings. The van der Waals surface area contributed by atoms with Crippen molar-refractivity contribution < 1.29 is 9.18 Å². The van der Waals surface area contributed by atoms with Gasteiger partial charge in [-0.05, 0) is 36.8 Å². The van der Waals surface area contributed by atoms with E-state index in [-0.39, 0.29) is 17.3 Å². The Hall–Kier alpha value is -2.43. The Kier molecular flexibility index (Phi) is 3.23. The zero-order valence-corrected chi connectivity index (χ0v) is 9.77. The highest BCUT2D eigenvalue weighted by molar-refractivity contribution is 6.04. The van der Waals surface area contributed by atoms with Gasteiger partial charge >= 0.3 is 0 Å². The number of hydrogen-bond acceptors (Lipinski definition) is 3. The van der Waals surface area contributed by atoms with Crippen LogP contribution in [0.1, 0.15) is 16.1 Å². The number of nitrogens with one attached hydrogen (secondary N) is 1. The molecule has 0 spiro atoms. The van der Waals surface area contributed by atoms with Crippen LogP contribution in [0.25, 0.3) is 0 Å². The molecule has 0 aliphatic heterocycles. The molecule has 1 aromatic carbocycles. The van der Waals surface area contributed by atoms with E-state index >= 15 is 0 Å². The second-order valence-corrected chi connectivity index (χ2v) is 3.91. The number of nitrogen functional groups attached to an aromatic ring is 1. The summed E-state index contributed by atoms with van der Waals surface area (Å²) in [6.07, 6.45) is 1.60. The van der Waals surface area contributed by atoms with Gasteiger partial charge in [0, 0.05) is 6.20 Å². The van der Waals surface area contributed by atoms with Crippen molar-refractivity contribution in [2.24, 2.45) is 0 Å². The van der Waals surface area contributed by atoms with Crippen molar-refractivity contribution in [2.75, 3.05) is 11.1 Å². The number of anilines is 2. The van der Waals surface area contributed by atoms with Gasteiger partial charge in [0.05, 0.1) is 11.4 Å². The van der Waals surface area contributed by atoms with Gasteiger partial charge in [0.2, 0.25) is 0 Å². The molecule has 0 atom stereocenters. The number of pyridine rings is 1. The summed E-state index contributed by atoms with van der Waals surface area (Å²) in [6.45, 7) is 1.88. The predicted octanol–water partition coefficient (Wildman–Crippen LogP) is 2.36. The normalized spacial score (nSPS) is 10.1. The molecule has 1 amide bonds. The van der Waals surface area contributed by atoms with Crippen LogP contribution in [0.5, 0.6) is 0 Å². The fourth-order valence-electron chi connectivity index (χ4n) is 1.44. The SMILES string of the molecule is Cc1ccc(C(=O)Nc2ccc(F)cc2N)nc1. The van der Waals surface area contributed by atoms with Crippen LogP contribution in [-0.2, 0) is 0 Å². The summed E-state index contributed by atoms with van der Waals surface area (Å²) < 4.78 is 12.8. The van der Waals surface area contributed by atoms with E-state index < -0.39 is 5.82 Å². The molecule has 0 saturated heterocycles. The molecule has 0 aliphatic carbocycles. The number of amides is 1. The Morgan fingerprint density at radius 3 is 2.72 bits per heavy atom. The van der Waals surface area contributed by atoms with Crippen molar-refractivity contribution in [3.63, 3.8) is 0 Å². The fraction of sp³-hybridized carbons (Fsp3) is 0.0769. The summed E-state index contributed by atoms with van der Waals surface area (Å²) in [4.78, 5) is 15.8. The number of benzene rings is 1. The van der Waals surface area contributed by atoms with E-state index in [1.54, 1.807) is 18.3 Å². The van der Waals surface area contributed by atoms with Gasteiger partial charge < -0.3 is 11.1 Å². The molecule has 0 radical (unpaired) electrons. The van der Waals surface area contributed by atoms with E-state index in [0.29, 0.717) is 5.69 Å². The molecule has 1 heterocycles. The summed E-state index contributed by atoms with van der Waals surface area (Å²) in [7, 11) is 0. The molecule has 0 fully saturated rings. The Balaban J connectivity index is 2.18. The molecule has 92 valence electrons. The largest absolute Gasteiger partial charge is 0.397 e. The van der Waals surface area contributed by atoms with Crippen LogP contribution >= 0.6 is 0 Å². The molecule has 18 heavy (non-hydrogen) atoms. The van der Waals surface area contributed by atoms with Crippen LogP contribution in [0.4, 0.5) is 15.8 Å². The van der Waals surface area contributed by atoms with E-state index in [9.17, 15) is 9.18 Å². The lowest BCUT2D eigenvalue weighted by molar-refractivity contribution is 0.102. The topological polar surface area (TPSA) is 68.0 Å². The average Bonchev–Trinajstić information content (AvgIpc) is 2.33. The Labute approximate surface area is 104 Å². The van der Waals surface area contributed by atoms with Crippen molar-refractivity contribution in [2.45, 2.75) is 6.92 Å². The van der Waals surface area contributed by atoms with Gasteiger partial charge in [-0.25, -0.2) is 4.39 Å². The summed E-state index contributed by atoms with van der Waals surface area (Å²) in [5.74, 6) is -0.827. The van der Waals surface area contributed by atoms with Crippen LogP contribution in [0.15, 0.2) is 36.5 Å². The van der Waals surface area contributed by atoms with Crippen molar-refractivity contribution in [3.05, 3.63) is 53.6 Å². The Morgan fingerprint density at radius 1 is 1.33 bits per heavy atom. The fourth-order valence-corrected chi connectivity index (χ4v) is 1.44. The highest BCUT2D eigenvalue weighted by Crippen LogP contribution is 2.19. The maximum atomic E-state index is 12.8. The number of nitrogens with zero attached hydrogens (tertiary/aromatic N) is 1. The van der Waals surface area contributed by atoms with Gasteiger partial charge in [0.25, 0.3) is 5.91 Å². The first-order valence-corrected chi connectivity index (χ1v) is 5.35. The number of hydrogen-bond donors (Lipinski definition) is 2. The van der Waals surface area contributed by atoms with Crippen molar-refractivity contribution in [1.82, 2.24) is 4.98 Å². The third-order valence-corrected chi connectivity index (χ3v) is 2.41. The third-order valence-electron chi connectivity index (χ3n) is 2.41. The van der Waals surface area contributed by atoms with Gasteiger partial charge in [0.1, 0.15) is 11.5 Å². The summed E-state index contributed by atoms with van der Waals surface area (Å²) in [6, 6.07) is 7.20. The Bertz CT molecular complexity index is 581. The number of rotatable bonds is 2. The van der Waals surface area contributed by atoms with Gasteiger partial charge in [-0.15, -0.1) is 0 Å². The first-order valence-electron chi connectivity index (χ1n) is 5.35. The lowest BCUT2D eigenvalue weighted by Crippen LogP contribution is -2.14. The molecule has 0 bridgehead atoms. The molecule has 2 rings (SSSR count). The number of aromatic nitrogens is 1. The number of carbonyl (C=O) groups is 1. The van der Waals surface area contributed by atoms with E-state index in [2.05, 4.69) is 10.3 Å². The van der Waals surface area contributed by atoms with Crippen molar-refractivity contribution >= 4 is 17.3 Å². The minimum atomic E-state index is -0.445. The number of carbonyl (C=O) groups excluding carboxylic acids is 1. The minimum Gasteiger partial charge on any atom is -0.397 e. The van der Waals surface area contributed by atoms with Crippen LogP contribution in [-0.4, -0.2) is 10.9 Å². The van der Waals surface area contributed by atoms with Crippen molar-refractivity contribution in [1.29, 1.82) is 0 Å². The highest BCUT2D eigenvalue weighted by Gasteiger charge is 2.09. The molecular formula is C13H12FN3O. The van der Waals surface area contributed by atoms with Crippen LogP contribution in [0.2, 0.25) is 0 Å². The number of aryl methyl sites for hydroxylation is 1. The van der Waals surface area contributed by atoms with Crippen LogP contribution < -0.4 is 11.1 Å². The second-order valence-electron chi connectivity index (χ2n) is 3.91. The zero-order chi connectivity index (χ0) is 13.1. The van der Waals surface area contributed by atoms with E-state index in [1.807, 2.05) is 6.92 Å². The Morgan fingerprint density at radius 2 is 2.11 bits per heavy atom. The monoisotopic (exact) mass is 245 g/mol. The molecule has 0 unspecified atom stereocenters. The molecule has 2 aromatic rings. The quantitative estimate of drug-likeness (QED) is 0.798. The summed E-state index contributed by atoms with van der Waals surface area (Å²) in [5, 5.41) is 2.58. The average molecular weight is 245 g/mol. The molecular weight excluding hydrogens is 233 g/mol. The van der Waals surface area contributed by atoms with E-state index in [1.165, 1.54) is 12.1 Å². The van der Waals surface area contributed by atoms with Gasteiger partial charge in [-0.1, -0.05) is 6.07 Å². The van der Waals surface area contributed by atoms with Gasteiger partial charge in [0.15, 0.2) is 0 Å². The second kappa shape index (κ2) is 4.83. The third kappa shape index (κ3) is 2.63. The first-order chi connectivity index (χ1) is 8.56. The maximum absolute atomic E-state index is 12.8. The number of nitrogens with two attached hydrogens (primary N) is 1. The molecule has 1 aromatic heterocycles. The maximum Gasteiger partial charge on any atom is 0.274 e. The summed E-state index contributed by atoms with van der Waals surface area (Å²) >= 11 is 0. The predicted molar refractivity (Wildman–Crippen MR) is 67.7 cm³/mol. The first kappa shape index (κ1) is 12.0. The zero-order valence-electron chi connectivity index (χ0n) is 9.77.